The summed E-state index contributed by atoms with van der Waals surface area (Å²) >= 11 is 5.82. The van der Waals surface area contributed by atoms with Gasteiger partial charge >= 0.3 is 0 Å². The Morgan fingerprint density at radius 3 is 2.62 bits per heavy atom. The van der Waals surface area contributed by atoms with E-state index in [1.165, 1.54) is 13.2 Å². The van der Waals surface area contributed by atoms with Gasteiger partial charge in [0, 0.05) is 5.02 Å². The summed E-state index contributed by atoms with van der Waals surface area (Å²) in [7, 11) is 1.47. The number of hydrogen-bond donors (Lipinski definition) is 0. The fourth-order valence-corrected chi connectivity index (χ4v) is 1.42. The minimum absolute atomic E-state index is 0.297. The predicted octanol–water partition coefficient (Wildman–Crippen LogP) is 3.08. The quantitative estimate of drug-likeness (QED) is 0.759. The molecule has 4 heteroatoms. The van der Waals surface area contributed by atoms with Gasteiger partial charge in [-0.05, 0) is 32.0 Å². The molecule has 84 valence electrons. The summed E-state index contributed by atoms with van der Waals surface area (Å²) in [6, 6.07) is 6.73. The van der Waals surface area contributed by atoms with Crippen molar-refractivity contribution in [2.24, 2.45) is 5.41 Å². The summed E-state index contributed by atoms with van der Waals surface area (Å²) in [5.74, 6) is 0.132. The molecule has 0 aliphatic rings. The largest absolute Gasteiger partial charge is 0.496 e. The summed E-state index contributed by atoms with van der Waals surface area (Å²) in [5.41, 5.74) is -0.751. The fraction of sp³-hybridized carbons (Fsp3) is 0.333. The number of hydrogen-bond acceptors (Lipinski definition) is 3. The molecule has 0 bridgehead atoms. The zero-order valence-electron chi connectivity index (χ0n) is 9.37. The summed E-state index contributed by atoms with van der Waals surface area (Å²) in [6.07, 6.45) is 0. The average Bonchev–Trinajstić information content (AvgIpc) is 2.28. The molecular weight excluding hydrogens is 226 g/mol. The number of methoxy groups -OCH3 is 1. The van der Waals surface area contributed by atoms with Crippen LogP contribution < -0.4 is 4.74 Å². The Balaban J connectivity index is 3.28. The topological polar surface area (TPSA) is 50.1 Å². The molecule has 0 aliphatic carbocycles. The summed E-state index contributed by atoms with van der Waals surface area (Å²) in [6.45, 7) is 3.13. The third kappa shape index (κ3) is 2.34. The van der Waals surface area contributed by atoms with E-state index in [1.54, 1.807) is 26.0 Å². The highest BCUT2D eigenvalue weighted by Crippen LogP contribution is 2.29. The van der Waals surface area contributed by atoms with E-state index >= 15 is 0 Å². The van der Waals surface area contributed by atoms with Gasteiger partial charge in [0.15, 0.2) is 5.78 Å². The molecule has 1 aromatic rings. The molecule has 0 unspecified atom stereocenters. The smallest absolute Gasteiger partial charge is 0.186 e. The van der Waals surface area contributed by atoms with E-state index in [4.69, 9.17) is 21.6 Å². The van der Waals surface area contributed by atoms with E-state index in [0.717, 1.165) is 0 Å². The molecule has 16 heavy (non-hydrogen) atoms. The molecular formula is C12H12ClNO2. The second kappa shape index (κ2) is 4.54. The van der Waals surface area contributed by atoms with Gasteiger partial charge in [-0.1, -0.05) is 11.6 Å². The summed E-state index contributed by atoms with van der Waals surface area (Å²) in [5, 5.41) is 9.36. The number of benzene rings is 1. The van der Waals surface area contributed by atoms with Gasteiger partial charge in [-0.25, -0.2) is 0 Å². The van der Waals surface area contributed by atoms with Crippen LogP contribution in [0.15, 0.2) is 18.2 Å². The number of carbonyl (C=O) groups is 1. The van der Waals surface area contributed by atoms with Crippen molar-refractivity contribution in [2.45, 2.75) is 13.8 Å². The average molecular weight is 238 g/mol. The minimum atomic E-state index is -1.09. The third-order valence-corrected chi connectivity index (χ3v) is 2.49. The van der Waals surface area contributed by atoms with Crippen molar-refractivity contribution >= 4 is 17.4 Å². The van der Waals surface area contributed by atoms with Crippen LogP contribution in [0.1, 0.15) is 24.2 Å². The Hall–Kier alpha value is -1.53. The van der Waals surface area contributed by atoms with Gasteiger partial charge in [-0.3, -0.25) is 4.79 Å². The highest BCUT2D eigenvalue weighted by molar-refractivity contribution is 6.31. The number of ketones is 1. The van der Waals surface area contributed by atoms with Gasteiger partial charge in [0.1, 0.15) is 11.2 Å². The number of rotatable bonds is 3. The first-order chi connectivity index (χ1) is 7.42. The number of nitriles is 1. The van der Waals surface area contributed by atoms with E-state index in [-0.39, 0.29) is 5.78 Å². The van der Waals surface area contributed by atoms with Crippen LogP contribution in [-0.2, 0) is 0 Å². The monoisotopic (exact) mass is 237 g/mol. The first kappa shape index (κ1) is 12.5. The van der Waals surface area contributed by atoms with Crippen LogP contribution >= 0.6 is 11.6 Å². The molecule has 0 radical (unpaired) electrons. The molecule has 3 nitrogen and oxygen atoms in total. The lowest BCUT2D eigenvalue weighted by atomic mass is 9.85. The van der Waals surface area contributed by atoms with Crippen molar-refractivity contribution in [1.29, 1.82) is 5.26 Å². The predicted molar refractivity (Wildman–Crippen MR) is 61.7 cm³/mol. The van der Waals surface area contributed by atoms with Crippen LogP contribution in [0.5, 0.6) is 5.75 Å². The van der Waals surface area contributed by atoms with Gasteiger partial charge in [0.25, 0.3) is 0 Å². The second-order valence-corrected chi connectivity index (χ2v) is 4.35. The third-order valence-electron chi connectivity index (χ3n) is 2.25. The zero-order valence-corrected chi connectivity index (χ0v) is 10.1. The van der Waals surface area contributed by atoms with Crippen molar-refractivity contribution < 1.29 is 9.53 Å². The van der Waals surface area contributed by atoms with Crippen LogP contribution in [0.3, 0.4) is 0 Å². The lowest BCUT2D eigenvalue weighted by Crippen LogP contribution is -2.22. The molecule has 1 rings (SSSR count). The maximum Gasteiger partial charge on any atom is 0.186 e. The van der Waals surface area contributed by atoms with Crippen LogP contribution in [0.2, 0.25) is 5.02 Å². The minimum Gasteiger partial charge on any atom is -0.496 e. The standard InChI is InChI=1S/C12H12ClNO2/c1-12(2,7-14)11(15)9-6-8(13)4-5-10(9)16-3/h4-6H,1-3H3. The maximum atomic E-state index is 12.1. The second-order valence-electron chi connectivity index (χ2n) is 3.91. The molecule has 0 aliphatic heterocycles. The maximum absolute atomic E-state index is 12.1. The van der Waals surface area contributed by atoms with Gasteiger partial charge in [-0.2, -0.15) is 5.26 Å². The molecule has 0 N–H and O–H groups in total. The highest BCUT2D eigenvalue weighted by Gasteiger charge is 2.30. The van der Waals surface area contributed by atoms with Crippen molar-refractivity contribution in [3.63, 3.8) is 0 Å². The van der Waals surface area contributed by atoms with Gasteiger partial charge in [-0.15, -0.1) is 0 Å². The van der Waals surface area contributed by atoms with Crippen molar-refractivity contribution in [3.05, 3.63) is 28.8 Å². The number of Topliss-reactive ketones (excluding diaryl/α,β-unsaturated/α-hetero) is 1. The SMILES string of the molecule is COc1ccc(Cl)cc1C(=O)C(C)(C)C#N. The lowest BCUT2D eigenvalue weighted by molar-refractivity contribution is 0.0888. The Bertz CT molecular complexity index is 461. The van der Waals surface area contributed by atoms with E-state index in [1.807, 2.05) is 6.07 Å². The number of nitrogens with zero attached hydrogens (tertiary/aromatic N) is 1. The van der Waals surface area contributed by atoms with Crippen molar-refractivity contribution in [2.75, 3.05) is 7.11 Å². The molecule has 1 aromatic carbocycles. The molecule has 0 heterocycles. The molecule has 0 saturated carbocycles. The summed E-state index contributed by atoms with van der Waals surface area (Å²) < 4.78 is 5.07. The van der Waals surface area contributed by atoms with Crippen LogP contribution in [0.4, 0.5) is 0 Å². The molecule has 0 amide bonds. The first-order valence-electron chi connectivity index (χ1n) is 4.72. The van der Waals surface area contributed by atoms with Gasteiger partial charge in [0.05, 0.1) is 18.7 Å². The normalized spacial score (nSPS) is 10.7. The first-order valence-corrected chi connectivity index (χ1v) is 5.10. The molecule has 0 saturated heterocycles. The van der Waals surface area contributed by atoms with E-state index < -0.39 is 5.41 Å². The molecule has 0 spiro atoms. The van der Waals surface area contributed by atoms with E-state index in [9.17, 15) is 4.79 Å². The van der Waals surface area contributed by atoms with E-state index in [2.05, 4.69) is 0 Å². The van der Waals surface area contributed by atoms with Gasteiger partial charge in [0.2, 0.25) is 0 Å². The molecule has 0 atom stereocenters. The number of ether oxygens (including phenoxy) is 1. The zero-order chi connectivity index (χ0) is 12.3. The van der Waals surface area contributed by atoms with Crippen LogP contribution in [0.25, 0.3) is 0 Å². The molecule has 0 fully saturated rings. The van der Waals surface area contributed by atoms with Gasteiger partial charge < -0.3 is 4.74 Å². The molecule has 0 aromatic heterocycles. The van der Waals surface area contributed by atoms with Crippen LogP contribution in [0, 0.1) is 16.7 Å². The van der Waals surface area contributed by atoms with Crippen molar-refractivity contribution in [1.82, 2.24) is 0 Å². The van der Waals surface area contributed by atoms with Crippen molar-refractivity contribution in [3.8, 4) is 11.8 Å². The highest BCUT2D eigenvalue weighted by atomic mass is 35.5. The lowest BCUT2D eigenvalue weighted by Gasteiger charge is -2.16. The summed E-state index contributed by atoms with van der Waals surface area (Å²) in [4.78, 5) is 12.1. The van der Waals surface area contributed by atoms with E-state index in [0.29, 0.717) is 16.3 Å². The Morgan fingerprint density at radius 1 is 1.50 bits per heavy atom. The van der Waals surface area contributed by atoms with Crippen LogP contribution in [-0.4, -0.2) is 12.9 Å². The Morgan fingerprint density at radius 2 is 2.12 bits per heavy atom. The number of carbonyl (C=O) groups excluding carboxylic acids is 1. The Kier molecular flexibility index (Phi) is 3.56. The Labute approximate surface area is 99.6 Å². The fourth-order valence-electron chi connectivity index (χ4n) is 1.25. The number of halogens is 1.